The number of halogens is 2. The normalized spacial score (nSPS) is 19.1. The predicted molar refractivity (Wildman–Crippen MR) is 168 cm³/mol. The molecule has 0 radical (unpaired) electrons. The monoisotopic (exact) mass is 616 g/mol. The minimum absolute atomic E-state index is 0.0961. The number of ether oxygens (including phenoxy) is 1. The number of phenols is 1. The molecule has 0 bridgehead atoms. The first kappa shape index (κ1) is 29.0. The number of allylic oxidation sites excluding steroid dienone is 1. The first-order chi connectivity index (χ1) is 20.6. The molecule has 0 spiro atoms. The number of aromatic hydroxyl groups is 1. The summed E-state index contributed by atoms with van der Waals surface area (Å²) < 4.78 is 35.2. The number of rotatable bonds is 5. The van der Waals surface area contributed by atoms with Crippen molar-refractivity contribution in [3.8, 4) is 11.5 Å². The molecule has 2 atom stereocenters. The van der Waals surface area contributed by atoms with Crippen molar-refractivity contribution in [2.45, 2.75) is 32.9 Å². The Kier molecular flexibility index (Phi) is 7.75. The number of amides is 1. The number of nitrogens with one attached hydrogen (secondary N) is 1. The van der Waals surface area contributed by atoms with Crippen molar-refractivity contribution in [3.05, 3.63) is 129 Å². The van der Waals surface area contributed by atoms with E-state index in [0.29, 0.717) is 51.4 Å². The molecule has 0 saturated heterocycles. The maximum Gasteiger partial charge on any atom is 0.262 e. The van der Waals surface area contributed by atoms with Crippen LogP contribution in [0.2, 0.25) is 5.02 Å². The van der Waals surface area contributed by atoms with Crippen molar-refractivity contribution >= 4 is 39.7 Å². The van der Waals surface area contributed by atoms with Crippen LogP contribution in [0.15, 0.2) is 102 Å². The largest absolute Gasteiger partial charge is 0.506 e. The van der Waals surface area contributed by atoms with Gasteiger partial charge >= 0.3 is 0 Å². The fourth-order valence-electron chi connectivity index (χ4n) is 5.68. The van der Waals surface area contributed by atoms with Crippen LogP contribution in [0.25, 0.3) is 0 Å². The van der Waals surface area contributed by atoms with Gasteiger partial charge in [-0.15, -0.1) is 0 Å². The lowest BCUT2D eigenvalue weighted by atomic mass is 9.88. The van der Waals surface area contributed by atoms with Gasteiger partial charge in [0.2, 0.25) is 0 Å². The van der Waals surface area contributed by atoms with Crippen LogP contribution in [0, 0.1) is 11.2 Å². The molecule has 0 saturated carbocycles. The summed E-state index contributed by atoms with van der Waals surface area (Å²) in [5, 5.41) is 14.6. The maximum atomic E-state index is 15.1. The van der Waals surface area contributed by atoms with E-state index >= 15 is 4.39 Å². The lowest BCUT2D eigenvalue weighted by Crippen LogP contribution is -2.39. The Balaban J connectivity index is 1.54. The summed E-state index contributed by atoms with van der Waals surface area (Å²) in [6.07, 6.45) is 0.510. The Morgan fingerprint density at radius 3 is 2.56 bits per heavy atom. The molecule has 4 aromatic rings. The molecule has 1 amide bonds. The summed E-state index contributed by atoms with van der Waals surface area (Å²) in [7, 11) is -1.55. The van der Waals surface area contributed by atoms with E-state index in [9.17, 15) is 14.1 Å². The SMILES string of the molecule is CC1(C)CC2=C(C(c3ccc(OCc4ccccc4)cc3Cl)N(C(=O)c3ccccc3F)c3cccc(O)c3N2)S(=O)C1. The van der Waals surface area contributed by atoms with Crippen LogP contribution < -0.4 is 15.0 Å². The summed E-state index contributed by atoms with van der Waals surface area (Å²) in [4.78, 5) is 16.2. The van der Waals surface area contributed by atoms with Crippen molar-refractivity contribution in [2.75, 3.05) is 16.0 Å². The molecular weight excluding hydrogens is 587 g/mol. The molecular formula is C34H30ClFN2O4S. The van der Waals surface area contributed by atoms with Gasteiger partial charge < -0.3 is 15.2 Å². The number of fused-ring (bicyclic) bond motifs is 1. The van der Waals surface area contributed by atoms with Crippen molar-refractivity contribution < 1.29 is 23.2 Å². The van der Waals surface area contributed by atoms with Gasteiger partial charge in [0.25, 0.3) is 5.91 Å². The Labute approximate surface area is 257 Å². The number of carbonyl (C=O) groups excluding carboxylic acids is 1. The van der Waals surface area contributed by atoms with Gasteiger partial charge in [-0.1, -0.05) is 80.0 Å². The van der Waals surface area contributed by atoms with Gasteiger partial charge in [0.05, 0.1) is 33.0 Å². The molecule has 2 aliphatic heterocycles. The van der Waals surface area contributed by atoms with Crippen LogP contribution >= 0.6 is 11.6 Å². The third-order valence-electron chi connectivity index (χ3n) is 7.62. The Morgan fingerprint density at radius 2 is 1.81 bits per heavy atom. The van der Waals surface area contributed by atoms with Crippen LogP contribution in [0.5, 0.6) is 11.5 Å². The van der Waals surface area contributed by atoms with Crippen LogP contribution in [0.1, 0.15) is 47.8 Å². The van der Waals surface area contributed by atoms with Gasteiger partial charge in [0.15, 0.2) is 0 Å². The zero-order valence-electron chi connectivity index (χ0n) is 23.6. The number of hydrogen-bond acceptors (Lipinski definition) is 5. The standard InChI is InChI=1S/C34H30ClFN2O4S/c1-34(2)18-27-32(43(41)20-34)31(23-16-15-22(17-25(23)35)42-19-21-9-4-3-5-10-21)38(28-13-8-14-29(39)30(28)37-27)33(40)24-11-6-7-12-26(24)36/h3-17,31,37,39H,18-20H2,1-2H3. The maximum absolute atomic E-state index is 15.1. The zero-order valence-corrected chi connectivity index (χ0v) is 25.2. The Hall–Kier alpha value is -4.14. The summed E-state index contributed by atoms with van der Waals surface area (Å²) >= 11 is 6.95. The van der Waals surface area contributed by atoms with E-state index in [1.807, 2.05) is 44.2 Å². The van der Waals surface area contributed by atoms with Crippen molar-refractivity contribution in [1.29, 1.82) is 0 Å². The van der Waals surface area contributed by atoms with E-state index in [1.54, 1.807) is 36.4 Å². The molecule has 2 N–H and O–H groups in total. The molecule has 43 heavy (non-hydrogen) atoms. The average Bonchev–Trinajstić information content (AvgIpc) is 3.11. The second-order valence-corrected chi connectivity index (χ2v) is 13.3. The number of para-hydroxylation sites is 1. The highest BCUT2D eigenvalue weighted by atomic mass is 35.5. The van der Waals surface area contributed by atoms with E-state index in [0.717, 1.165) is 5.56 Å². The molecule has 0 aromatic heterocycles. The van der Waals surface area contributed by atoms with Gasteiger partial charge in [0.1, 0.15) is 29.6 Å². The fraction of sp³-hybridized carbons (Fsp3) is 0.206. The molecule has 0 aliphatic carbocycles. The fourth-order valence-corrected chi connectivity index (χ4v) is 7.80. The van der Waals surface area contributed by atoms with E-state index in [1.165, 1.54) is 29.2 Å². The Morgan fingerprint density at radius 1 is 1.07 bits per heavy atom. The second-order valence-electron chi connectivity index (χ2n) is 11.5. The summed E-state index contributed by atoms with van der Waals surface area (Å²) in [6, 6.07) is 24.5. The molecule has 0 fully saturated rings. The molecule has 6 nitrogen and oxygen atoms in total. The molecule has 4 aromatic carbocycles. The number of nitrogens with zero attached hydrogens (tertiary/aromatic N) is 1. The molecule has 2 unspecified atom stereocenters. The van der Waals surface area contributed by atoms with Gasteiger partial charge in [0, 0.05) is 16.5 Å². The quantitative estimate of drug-likeness (QED) is 0.222. The van der Waals surface area contributed by atoms with E-state index < -0.39 is 28.6 Å². The van der Waals surface area contributed by atoms with Gasteiger partial charge in [-0.2, -0.15) is 0 Å². The molecule has 220 valence electrons. The van der Waals surface area contributed by atoms with Crippen LogP contribution in [-0.2, 0) is 17.4 Å². The number of carbonyl (C=O) groups is 1. The molecule has 2 aliphatic rings. The topological polar surface area (TPSA) is 78.9 Å². The predicted octanol–water partition coefficient (Wildman–Crippen LogP) is 7.97. The number of hydrogen-bond donors (Lipinski definition) is 2. The van der Waals surface area contributed by atoms with Crippen molar-refractivity contribution in [3.63, 3.8) is 0 Å². The number of phenolic OH excluding ortho intramolecular Hbond substituents is 1. The first-order valence-electron chi connectivity index (χ1n) is 13.9. The van der Waals surface area contributed by atoms with Gasteiger partial charge in [-0.3, -0.25) is 13.9 Å². The minimum Gasteiger partial charge on any atom is -0.506 e. The van der Waals surface area contributed by atoms with E-state index in [-0.39, 0.29) is 22.4 Å². The lowest BCUT2D eigenvalue weighted by molar-refractivity contribution is 0.0977. The van der Waals surface area contributed by atoms with E-state index in [2.05, 4.69) is 5.32 Å². The lowest BCUT2D eigenvalue weighted by Gasteiger charge is -2.37. The third-order valence-corrected chi connectivity index (χ3v) is 9.95. The van der Waals surface area contributed by atoms with Crippen LogP contribution in [-0.4, -0.2) is 21.0 Å². The highest BCUT2D eigenvalue weighted by molar-refractivity contribution is 7.89. The third kappa shape index (κ3) is 5.65. The highest BCUT2D eigenvalue weighted by Gasteiger charge is 2.44. The van der Waals surface area contributed by atoms with Gasteiger partial charge in [-0.25, -0.2) is 4.39 Å². The minimum atomic E-state index is -1.55. The summed E-state index contributed by atoms with van der Waals surface area (Å²) in [5.41, 5.74) is 2.22. The Bertz CT molecular complexity index is 1780. The smallest absolute Gasteiger partial charge is 0.262 e. The number of anilines is 2. The molecule has 9 heteroatoms. The molecule has 6 rings (SSSR count). The van der Waals surface area contributed by atoms with Crippen LogP contribution in [0.3, 0.4) is 0 Å². The summed E-state index contributed by atoms with van der Waals surface area (Å²) in [5.74, 6) is -0.575. The highest BCUT2D eigenvalue weighted by Crippen LogP contribution is 2.51. The first-order valence-corrected chi connectivity index (χ1v) is 15.6. The summed E-state index contributed by atoms with van der Waals surface area (Å²) in [6.45, 7) is 4.38. The molecule has 2 heterocycles. The van der Waals surface area contributed by atoms with Gasteiger partial charge in [-0.05, 0) is 59.4 Å². The van der Waals surface area contributed by atoms with E-state index in [4.69, 9.17) is 16.3 Å². The van der Waals surface area contributed by atoms with Crippen LogP contribution in [0.4, 0.5) is 15.8 Å². The number of benzene rings is 4. The average molecular weight is 617 g/mol. The zero-order chi connectivity index (χ0) is 30.3. The second kappa shape index (κ2) is 11.5. The van der Waals surface area contributed by atoms with Crippen molar-refractivity contribution in [1.82, 2.24) is 0 Å². The van der Waals surface area contributed by atoms with Crippen molar-refractivity contribution in [2.24, 2.45) is 5.41 Å².